The van der Waals surface area contributed by atoms with E-state index in [1.807, 2.05) is 31.2 Å². The van der Waals surface area contributed by atoms with Gasteiger partial charge in [0.25, 0.3) is 0 Å². The van der Waals surface area contributed by atoms with Crippen LogP contribution in [0.5, 0.6) is 0 Å². The van der Waals surface area contributed by atoms with Crippen LogP contribution in [0.4, 0.5) is 17.1 Å². The molecule has 0 saturated carbocycles. The molecule has 0 aliphatic carbocycles. The fraction of sp³-hybridized carbons (Fsp3) is 0.480. The minimum atomic E-state index is -0.766. The molecular formula is C25H33ClN2O3. The van der Waals surface area contributed by atoms with E-state index in [1.54, 1.807) is 0 Å². The highest BCUT2D eigenvalue weighted by Gasteiger charge is 2.24. The molecule has 31 heavy (non-hydrogen) atoms. The molecule has 5 nitrogen and oxygen atoms in total. The van der Waals surface area contributed by atoms with Crippen molar-refractivity contribution in [3.63, 3.8) is 0 Å². The summed E-state index contributed by atoms with van der Waals surface area (Å²) in [5, 5.41) is 13.6. The maximum atomic E-state index is 11.4. The first-order valence-corrected chi connectivity index (χ1v) is 11.6. The number of carboxylic acid groups (broad SMARTS) is 1. The van der Waals surface area contributed by atoms with E-state index in [0.717, 1.165) is 68.1 Å². The number of aliphatic carboxylic acids is 1. The first-order chi connectivity index (χ1) is 15.0. The van der Waals surface area contributed by atoms with Gasteiger partial charge in [-0.1, -0.05) is 31.5 Å². The third-order valence-corrected chi connectivity index (χ3v) is 6.19. The molecule has 2 aromatic rings. The standard InChI is InChI=1S/C25H33ClN2O3/c1-3-13-28(22-11-14-31-15-12-22)24-10-5-19(18(4-2)17-25(29)30)16-23(24)27-21-8-6-20(26)7-9-21/h5-10,16,18,22,27H,3-4,11-15,17H2,1-2H3,(H,29,30)/t18-/m0/s1. The molecule has 1 fully saturated rings. The number of carbonyl (C=O) groups is 1. The molecule has 0 radical (unpaired) electrons. The lowest BCUT2D eigenvalue weighted by atomic mass is 9.92. The monoisotopic (exact) mass is 444 g/mol. The second kappa shape index (κ2) is 11.4. The molecule has 0 aromatic heterocycles. The molecule has 2 aromatic carbocycles. The number of carboxylic acids is 1. The fourth-order valence-corrected chi connectivity index (χ4v) is 4.42. The Kier molecular flexibility index (Phi) is 8.61. The molecule has 1 saturated heterocycles. The molecule has 1 atom stereocenters. The van der Waals surface area contributed by atoms with Gasteiger partial charge in [0, 0.05) is 36.5 Å². The molecule has 1 aliphatic rings. The summed E-state index contributed by atoms with van der Waals surface area (Å²) in [4.78, 5) is 13.9. The number of ether oxygens (including phenoxy) is 1. The van der Waals surface area contributed by atoms with Gasteiger partial charge in [-0.25, -0.2) is 0 Å². The summed E-state index contributed by atoms with van der Waals surface area (Å²) in [6, 6.07) is 14.5. The number of nitrogens with one attached hydrogen (secondary N) is 1. The molecule has 2 N–H and O–H groups in total. The van der Waals surface area contributed by atoms with Crippen molar-refractivity contribution < 1.29 is 14.6 Å². The van der Waals surface area contributed by atoms with E-state index in [-0.39, 0.29) is 12.3 Å². The molecule has 1 heterocycles. The van der Waals surface area contributed by atoms with Gasteiger partial charge in [0.2, 0.25) is 0 Å². The minimum absolute atomic E-state index is 0.0139. The van der Waals surface area contributed by atoms with Crippen LogP contribution in [0.15, 0.2) is 42.5 Å². The average Bonchev–Trinajstić information content (AvgIpc) is 2.78. The van der Waals surface area contributed by atoms with E-state index < -0.39 is 5.97 Å². The highest BCUT2D eigenvalue weighted by molar-refractivity contribution is 6.30. The Balaban J connectivity index is 2.00. The summed E-state index contributed by atoms with van der Waals surface area (Å²) in [5.41, 5.74) is 4.16. The number of hydrogen-bond acceptors (Lipinski definition) is 4. The summed E-state index contributed by atoms with van der Waals surface area (Å²) in [6.45, 7) is 6.79. The van der Waals surface area contributed by atoms with Crippen molar-refractivity contribution >= 4 is 34.6 Å². The van der Waals surface area contributed by atoms with Gasteiger partial charge in [-0.15, -0.1) is 0 Å². The van der Waals surface area contributed by atoms with Crippen LogP contribution in [-0.4, -0.2) is 36.9 Å². The fourth-order valence-electron chi connectivity index (χ4n) is 4.29. The van der Waals surface area contributed by atoms with Crippen molar-refractivity contribution in [1.82, 2.24) is 0 Å². The zero-order valence-corrected chi connectivity index (χ0v) is 19.2. The van der Waals surface area contributed by atoms with Crippen molar-refractivity contribution in [3.05, 3.63) is 53.1 Å². The van der Waals surface area contributed by atoms with Crippen molar-refractivity contribution in [2.75, 3.05) is 30.0 Å². The first kappa shape index (κ1) is 23.4. The molecule has 6 heteroatoms. The lowest BCUT2D eigenvalue weighted by Crippen LogP contribution is -2.40. The van der Waals surface area contributed by atoms with E-state index >= 15 is 0 Å². The van der Waals surface area contributed by atoms with Crippen molar-refractivity contribution in [3.8, 4) is 0 Å². The van der Waals surface area contributed by atoms with Crippen LogP contribution in [0.2, 0.25) is 5.02 Å². The van der Waals surface area contributed by atoms with Crippen molar-refractivity contribution in [1.29, 1.82) is 0 Å². The largest absolute Gasteiger partial charge is 0.481 e. The van der Waals surface area contributed by atoms with Crippen LogP contribution in [0, 0.1) is 0 Å². The van der Waals surface area contributed by atoms with Crippen LogP contribution >= 0.6 is 11.6 Å². The van der Waals surface area contributed by atoms with Gasteiger partial charge >= 0.3 is 5.97 Å². The average molecular weight is 445 g/mol. The molecule has 1 aliphatic heterocycles. The quantitative estimate of drug-likeness (QED) is 0.441. The van der Waals surface area contributed by atoms with E-state index in [0.29, 0.717) is 11.1 Å². The predicted octanol–water partition coefficient (Wildman–Crippen LogP) is 6.45. The second-order valence-corrected chi connectivity index (χ2v) is 8.58. The Morgan fingerprint density at radius 1 is 1.19 bits per heavy atom. The van der Waals surface area contributed by atoms with Gasteiger partial charge in [-0.2, -0.15) is 0 Å². The lowest BCUT2D eigenvalue weighted by Gasteiger charge is -2.37. The Morgan fingerprint density at radius 3 is 2.52 bits per heavy atom. The van der Waals surface area contributed by atoms with Crippen molar-refractivity contribution in [2.24, 2.45) is 0 Å². The van der Waals surface area contributed by atoms with Gasteiger partial charge < -0.3 is 20.1 Å². The summed E-state index contributed by atoms with van der Waals surface area (Å²) >= 11 is 6.07. The minimum Gasteiger partial charge on any atom is -0.481 e. The van der Waals surface area contributed by atoms with Gasteiger partial charge in [-0.05, 0) is 73.6 Å². The van der Waals surface area contributed by atoms with Crippen LogP contribution < -0.4 is 10.2 Å². The van der Waals surface area contributed by atoms with Crippen LogP contribution in [0.1, 0.15) is 57.4 Å². The smallest absolute Gasteiger partial charge is 0.303 e. The predicted molar refractivity (Wildman–Crippen MR) is 128 cm³/mol. The topological polar surface area (TPSA) is 61.8 Å². The lowest BCUT2D eigenvalue weighted by molar-refractivity contribution is -0.137. The molecule has 0 spiro atoms. The summed E-state index contributed by atoms with van der Waals surface area (Å²) in [7, 11) is 0. The Morgan fingerprint density at radius 2 is 1.90 bits per heavy atom. The van der Waals surface area contributed by atoms with Crippen LogP contribution in [0.25, 0.3) is 0 Å². The third-order valence-electron chi connectivity index (χ3n) is 5.93. The number of benzene rings is 2. The Bertz CT molecular complexity index is 850. The summed E-state index contributed by atoms with van der Waals surface area (Å²) in [6.07, 6.45) is 3.99. The van der Waals surface area contributed by atoms with E-state index in [4.69, 9.17) is 16.3 Å². The zero-order valence-electron chi connectivity index (χ0n) is 18.4. The van der Waals surface area contributed by atoms with Gasteiger partial charge in [0.1, 0.15) is 0 Å². The number of rotatable bonds is 10. The zero-order chi connectivity index (χ0) is 22.2. The Hall–Kier alpha value is -2.24. The second-order valence-electron chi connectivity index (χ2n) is 8.15. The summed E-state index contributed by atoms with van der Waals surface area (Å²) in [5.74, 6) is -0.780. The maximum Gasteiger partial charge on any atom is 0.303 e. The SMILES string of the molecule is CCCN(c1ccc([C@@H](CC)CC(=O)O)cc1Nc1ccc(Cl)cc1)C1CCOCC1. The molecule has 168 valence electrons. The van der Waals surface area contributed by atoms with Crippen LogP contribution in [-0.2, 0) is 9.53 Å². The Labute approximate surface area is 190 Å². The molecule has 0 unspecified atom stereocenters. The number of hydrogen-bond donors (Lipinski definition) is 2. The number of anilines is 3. The number of nitrogens with zero attached hydrogens (tertiary/aromatic N) is 1. The van der Waals surface area contributed by atoms with Gasteiger partial charge in [0.15, 0.2) is 0 Å². The first-order valence-electron chi connectivity index (χ1n) is 11.2. The maximum absolute atomic E-state index is 11.4. The van der Waals surface area contributed by atoms with Crippen molar-refractivity contribution in [2.45, 2.75) is 57.9 Å². The van der Waals surface area contributed by atoms with Crippen LogP contribution in [0.3, 0.4) is 0 Å². The van der Waals surface area contributed by atoms with E-state index in [1.165, 1.54) is 0 Å². The molecule has 0 bridgehead atoms. The summed E-state index contributed by atoms with van der Waals surface area (Å²) < 4.78 is 5.59. The van der Waals surface area contributed by atoms with Gasteiger partial charge in [-0.3, -0.25) is 4.79 Å². The normalized spacial score (nSPS) is 15.5. The molecular weight excluding hydrogens is 412 g/mol. The van der Waals surface area contributed by atoms with E-state index in [2.05, 4.69) is 35.3 Å². The highest BCUT2D eigenvalue weighted by Crippen LogP contribution is 2.36. The number of halogens is 1. The molecule has 0 amide bonds. The third kappa shape index (κ3) is 6.37. The highest BCUT2D eigenvalue weighted by atomic mass is 35.5. The van der Waals surface area contributed by atoms with Gasteiger partial charge in [0.05, 0.1) is 17.8 Å². The van der Waals surface area contributed by atoms with E-state index in [9.17, 15) is 9.90 Å². The molecule has 3 rings (SSSR count).